The first kappa shape index (κ1) is 79.3. The van der Waals surface area contributed by atoms with Crippen molar-refractivity contribution in [1.82, 2.24) is 0 Å². The second-order valence-electron chi connectivity index (χ2n) is 23.7. The molecule has 0 saturated carbocycles. The maximum Gasteiger partial charge on any atom is 0.421 e. The Morgan fingerprint density at radius 2 is 0.702 bits per heavy atom. The number of unbranched alkanes of at least 4 members (excludes halogenated alkanes) is 2. The zero-order valence-corrected chi connectivity index (χ0v) is 58.3. The molecule has 0 aliphatic carbocycles. The van der Waals surface area contributed by atoms with Gasteiger partial charge in [-0.05, 0) is 157 Å². The fourth-order valence-corrected chi connectivity index (χ4v) is 16.7. The quantitative estimate of drug-likeness (QED) is 0.0297. The minimum atomic E-state index is -4.40. The van der Waals surface area contributed by atoms with Gasteiger partial charge in [0.15, 0.2) is 39.2 Å². The number of rotatable bonds is 17. The average Bonchev–Trinajstić information content (AvgIpc) is 0.782. The average molecular weight is 1360 g/mol. The summed E-state index contributed by atoms with van der Waals surface area (Å²) in [6, 6.07) is 55.3. The third kappa shape index (κ3) is 19.7. The van der Waals surface area contributed by atoms with Crippen LogP contribution in [-0.2, 0) is 68.7 Å². The van der Waals surface area contributed by atoms with Crippen LogP contribution in [0.25, 0.3) is 0 Å². The van der Waals surface area contributed by atoms with Crippen molar-refractivity contribution in [1.29, 1.82) is 0 Å². The first-order valence-electron chi connectivity index (χ1n) is 29.8. The van der Waals surface area contributed by atoms with E-state index < -0.39 is 90.1 Å². The van der Waals surface area contributed by atoms with Gasteiger partial charge >= 0.3 is 12.4 Å². The van der Waals surface area contributed by atoms with Crippen molar-refractivity contribution in [3.8, 4) is 11.5 Å². The van der Waals surface area contributed by atoms with Gasteiger partial charge in [-0.3, -0.25) is 0 Å². The zero-order valence-electron chi connectivity index (χ0n) is 55.8. The number of aryl methyl sites for hydroxylation is 3. The number of alkyl halides is 6. The molecule has 0 aliphatic rings. The van der Waals surface area contributed by atoms with E-state index in [-0.39, 0.29) is 33.1 Å². The van der Waals surface area contributed by atoms with Crippen LogP contribution >= 0.6 is 0 Å². The Labute approximate surface area is 559 Å². The van der Waals surface area contributed by atoms with Gasteiger partial charge in [0.2, 0.25) is 34.0 Å². The van der Waals surface area contributed by atoms with Crippen molar-refractivity contribution in [3.05, 3.63) is 278 Å². The monoisotopic (exact) mass is 1360 g/mol. The molecule has 0 aliphatic heterocycles. The van der Waals surface area contributed by atoms with E-state index in [0.29, 0.717) is 36.6 Å². The summed E-state index contributed by atoms with van der Waals surface area (Å²) in [5.41, 5.74) is 4.31. The highest BCUT2D eigenvalue weighted by molar-refractivity contribution is 7.97. The van der Waals surface area contributed by atoms with Crippen molar-refractivity contribution in [2.75, 3.05) is 14.2 Å². The van der Waals surface area contributed by atoms with Crippen LogP contribution in [0.5, 0.6) is 11.5 Å². The van der Waals surface area contributed by atoms with E-state index in [2.05, 4.69) is 79.7 Å². The highest BCUT2D eigenvalue weighted by Gasteiger charge is 2.45. The Morgan fingerprint density at radius 3 is 1.07 bits per heavy atom. The molecule has 9 aromatic rings. The normalized spacial score (nSPS) is 11.6. The fourth-order valence-electron chi connectivity index (χ4n) is 9.91. The molecule has 0 heterocycles. The summed E-state index contributed by atoms with van der Waals surface area (Å²) in [6.45, 7) is 18.9. The van der Waals surface area contributed by atoms with Crippen LogP contribution in [0.15, 0.2) is 232 Å². The molecule has 0 unspecified atom stereocenters. The van der Waals surface area contributed by atoms with E-state index in [9.17, 15) is 48.3 Å². The topological polar surface area (TPSA) is 18.5 Å². The molecule has 9 rings (SSSR count). The molecule has 0 spiro atoms. The van der Waals surface area contributed by atoms with Crippen LogP contribution in [-0.4, -0.2) is 14.2 Å². The van der Waals surface area contributed by atoms with E-state index in [1.165, 1.54) is 73.9 Å². The third-order valence-electron chi connectivity index (χ3n) is 14.9. The predicted molar refractivity (Wildman–Crippen MR) is 366 cm³/mol. The molecule has 94 heavy (non-hydrogen) atoms. The second-order valence-corrected chi connectivity index (χ2v) is 29.6. The van der Waals surface area contributed by atoms with Gasteiger partial charge in [0.1, 0.15) is 44.4 Å². The Bertz CT molecular complexity index is 3650. The first-order chi connectivity index (χ1) is 43.0. The molecule has 0 aromatic heterocycles. The minimum absolute atomic E-state index is 0. The van der Waals surface area contributed by atoms with Crippen LogP contribution in [0.4, 0.5) is 48.3 Å². The number of halogens is 11. The lowest BCUT2D eigenvalue weighted by Crippen LogP contribution is -2.16. The van der Waals surface area contributed by atoms with Crippen LogP contribution in [0, 0.1) is 58.3 Å². The Hall–Kier alpha value is -7.14. The third-order valence-corrected chi connectivity index (χ3v) is 21.9. The lowest BCUT2D eigenvalue weighted by Gasteiger charge is -2.20. The van der Waals surface area contributed by atoms with E-state index in [1.807, 2.05) is 72.8 Å². The predicted octanol–water partition coefficient (Wildman–Crippen LogP) is 24.0. The van der Waals surface area contributed by atoms with Crippen LogP contribution in [0.3, 0.4) is 0 Å². The molecule has 2 nitrogen and oxygen atoms in total. The van der Waals surface area contributed by atoms with Crippen LogP contribution < -0.4 is 9.47 Å². The summed E-state index contributed by atoms with van der Waals surface area (Å²) in [5.74, 6) is -9.16. The Balaban J connectivity index is 0.000000296. The highest BCUT2D eigenvalue weighted by atomic mass is 32.2. The molecule has 0 N–H and O–H groups in total. The standard InChI is InChI=1S/C28H32F3S.C27H30F3S.C20H14F5O2S.3CH3/c1-4-6-10-22-13-17-24(18-14-22)32(25-19-15-23(16-20-25)11-7-5-2)27-21(3)9-8-12-26(27)28(29,30)31;1-25(2,3)19-11-15-21(16-12-19)31(22-17-13-20(14-18-22)26(4,5)6)24-10-8-7-9-23(24)27(28,29)30;1-26-11-5-3-7-13(9-11)28(14-8-4-6-12(10-14)27-2)20-18(24)16(22)15(21)17(23)19(20)25;;;/h8-9,12-20H,4-7,10-11H2,1-3H3;7-18H,1-6H3;3-10H,1-2H3;3*1H3/q3*+1;3*-1. The first-order valence-corrected chi connectivity index (χ1v) is 33.4. The molecule has 0 atom stereocenters. The molecule has 504 valence electrons. The highest BCUT2D eigenvalue weighted by Crippen LogP contribution is 2.45. The molecule has 0 fully saturated rings. The minimum Gasteiger partial charge on any atom is -0.497 e. The fraction of sp³-hybridized carbons (Fsp3) is 0.269. The largest absolute Gasteiger partial charge is 0.497 e. The number of hydrogen-bond donors (Lipinski definition) is 0. The Kier molecular flexibility index (Phi) is 29.1. The number of hydrogen-bond acceptors (Lipinski definition) is 2. The summed E-state index contributed by atoms with van der Waals surface area (Å²) in [7, 11) is -0.534. The molecule has 0 amide bonds. The molecule has 0 saturated heterocycles. The molecular weight excluding hydrogens is 1270 g/mol. The second kappa shape index (κ2) is 34.5. The van der Waals surface area contributed by atoms with E-state index in [1.54, 1.807) is 49.4 Å². The Morgan fingerprint density at radius 1 is 0.362 bits per heavy atom. The summed E-state index contributed by atoms with van der Waals surface area (Å²) >= 11 is 0. The van der Waals surface area contributed by atoms with E-state index in [4.69, 9.17) is 9.47 Å². The molecule has 16 heteroatoms. The summed E-state index contributed by atoms with van der Waals surface area (Å²) in [6.07, 6.45) is -2.35. The van der Waals surface area contributed by atoms with Crippen LogP contribution in [0.2, 0.25) is 0 Å². The smallest absolute Gasteiger partial charge is 0.421 e. The van der Waals surface area contributed by atoms with Gasteiger partial charge in [-0.1, -0.05) is 153 Å². The van der Waals surface area contributed by atoms with Crippen molar-refractivity contribution < 1.29 is 57.8 Å². The number of methoxy groups -OCH3 is 2. The van der Waals surface area contributed by atoms with Crippen molar-refractivity contribution >= 4 is 32.7 Å². The maximum absolute atomic E-state index is 14.6. The van der Waals surface area contributed by atoms with Gasteiger partial charge in [-0.15, -0.1) is 0 Å². The summed E-state index contributed by atoms with van der Waals surface area (Å²) < 4.78 is 165. The molecule has 0 radical (unpaired) electrons. The van der Waals surface area contributed by atoms with E-state index >= 15 is 0 Å². The molecular formula is C78H85F11O2S3. The lowest BCUT2D eigenvalue weighted by atomic mass is 9.87. The molecule has 9 aromatic carbocycles. The SMILES string of the molecule is CC(C)(C)c1ccc([S+](c2ccc(C(C)(C)C)cc2)c2ccccc2C(F)(F)F)cc1.CCCCc1ccc([S+](c2ccc(CCCC)cc2)c2c(C)cccc2C(F)(F)F)cc1.COc1cccc([S+](c2cccc(OC)c2)c2c(F)c(F)c(F)c(F)c2F)c1.[CH3-].[CH3-].[CH3-]. The van der Waals surface area contributed by atoms with Crippen molar-refractivity contribution in [2.24, 2.45) is 0 Å². The van der Waals surface area contributed by atoms with Gasteiger partial charge < -0.3 is 31.8 Å². The van der Waals surface area contributed by atoms with Gasteiger partial charge in [0.05, 0.1) is 25.1 Å². The van der Waals surface area contributed by atoms with Crippen molar-refractivity contribution in [3.63, 3.8) is 0 Å². The maximum atomic E-state index is 14.6. The van der Waals surface area contributed by atoms with Gasteiger partial charge in [0.25, 0.3) is 0 Å². The lowest BCUT2D eigenvalue weighted by molar-refractivity contribution is -0.140. The summed E-state index contributed by atoms with van der Waals surface area (Å²) in [5, 5.41) is 0. The zero-order chi connectivity index (χ0) is 66.6. The summed E-state index contributed by atoms with van der Waals surface area (Å²) in [4.78, 5) is 4.01. The van der Waals surface area contributed by atoms with Gasteiger partial charge in [-0.2, -0.15) is 35.1 Å². The number of benzene rings is 9. The number of ether oxygens (including phenoxy) is 2. The van der Waals surface area contributed by atoms with Gasteiger partial charge in [0, 0.05) is 17.7 Å². The van der Waals surface area contributed by atoms with Gasteiger partial charge in [-0.25, -0.2) is 13.2 Å². The van der Waals surface area contributed by atoms with E-state index in [0.717, 1.165) is 69.2 Å². The van der Waals surface area contributed by atoms with Crippen molar-refractivity contribution in [2.45, 2.75) is 168 Å². The van der Waals surface area contributed by atoms with Crippen LogP contribution in [0.1, 0.15) is 120 Å². The molecule has 0 bridgehead atoms.